The molecule has 4 heteroatoms. The van der Waals surface area contributed by atoms with Crippen molar-refractivity contribution in [3.63, 3.8) is 0 Å². The van der Waals surface area contributed by atoms with Crippen LogP contribution >= 0.6 is 0 Å². The van der Waals surface area contributed by atoms with Crippen LogP contribution in [0.2, 0.25) is 0 Å². The number of aromatic nitrogens is 2. The maximum Gasteiger partial charge on any atom is 0.125 e. The molecule has 0 aliphatic heterocycles. The van der Waals surface area contributed by atoms with E-state index in [9.17, 15) is 0 Å². The molecular weight excluding hydrogens is 200 g/mol. The van der Waals surface area contributed by atoms with E-state index in [4.69, 9.17) is 0 Å². The lowest BCUT2D eigenvalue weighted by atomic mass is 10.2. The van der Waals surface area contributed by atoms with Crippen molar-refractivity contribution in [2.45, 2.75) is 25.8 Å². The van der Waals surface area contributed by atoms with Crippen LogP contribution in [0.15, 0.2) is 12.4 Å². The molecule has 92 valence electrons. The van der Waals surface area contributed by atoms with Crippen molar-refractivity contribution in [1.82, 2.24) is 19.8 Å². The van der Waals surface area contributed by atoms with Gasteiger partial charge in [0.1, 0.15) is 5.82 Å². The van der Waals surface area contributed by atoms with E-state index in [-0.39, 0.29) is 0 Å². The molecule has 0 saturated carbocycles. The van der Waals surface area contributed by atoms with Crippen LogP contribution in [0.3, 0.4) is 0 Å². The summed E-state index contributed by atoms with van der Waals surface area (Å²) in [5.41, 5.74) is 0. The highest BCUT2D eigenvalue weighted by Gasteiger charge is 2.12. The highest BCUT2D eigenvalue weighted by Crippen LogP contribution is 2.13. The lowest BCUT2D eigenvalue weighted by Gasteiger charge is -2.17. The molecule has 0 bridgehead atoms. The Morgan fingerprint density at radius 2 is 2.25 bits per heavy atom. The Bertz CT molecular complexity index is 293. The maximum atomic E-state index is 4.39. The largest absolute Gasteiger partial charge is 0.337 e. The summed E-state index contributed by atoms with van der Waals surface area (Å²) in [7, 11) is 6.26. The SMILES string of the molecule is CCC(NCCCN(C)C)c1nccn1C. The van der Waals surface area contributed by atoms with Gasteiger partial charge in [0.2, 0.25) is 0 Å². The molecule has 0 amide bonds. The topological polar surface area (TPSA) is 33.1 Å². The van der Waals surface area contributed by atoms with E-state index in [1.165, 1.54) is 6.42 Å². The van der Waals surface area contributed by atoms with Crippen LogP contribution < -0.4 is 5.32 Å². The predicted octanol–water partition coefficient (Wildman–Crippen LogP) is 1.41. The smallest absolute Gasteiger partial charge is 0.125 e. The highest BCUT2D eigenvalue weighted by molar-refractivity contribution is 4.98. The zero-order valence-electron chi connectivity index (χ0n) is 10.9. The number of rotatable bonds is 7. The lowest BCUT2D eigenvalue weighted by Crippen LogP contribution is -2.26. The minimum atomic E-state index is 0.377. The van der Waals surface area contributed by atoms with Gasteiger partial charge in [0.05, 0.1) is 6.04 Å². The lowest BCUT2D eigenvalue weighted by molar-refractivity contribution is 0.381. The number of aryl methyl sites for hydroxylation is 1. The van der Waals surface area contributed by atoms with Gasteiger partial charge in [0.25, 0.3) is 0 Å². The van der Waals surface area contributed by atoms with Crippen molar-refractivity contribution in [3.05, 3.63) is 18.2 Å². The molecular formula is C12H24N4. The monoisotopic (exact) mass is 224 g/mol. The summed E-state index contributed by atoms with van der Waals surface area (Å²) in [5, 5.41) is 3.56. The van der Waals surface area contributed by atoms with Gasteiger partial charge in [-0.1, -0.05) is 6.92 Å². The summed E-state index contributed by atoms with van der Waals surface area (Å²) in [6, 6.07) is 0.377. The average Bonchev–Trinajstić information content (AvgIpc) is 2.65. The summed E-state index contributed by atoms with van der Waals surface area (Å²) in [4.78, 5) is 6.60. The summed E-state index contributed by atoms with van der Waals surface area (Å²) < 4.78 is 2.09. The molecule has 1 atom stereocenters. The van der Waals surface area contributed by atoms with Crippen molar-refractivity contribution in [3.8, 4) is 0 Å². The van der Waals surface area contributed by atoms with Crippen molar-refractivity contribution >= 4 is 0 Å². The fourth-order valence-electron chi connectivity index (χ4n) is 1.80. The molecule has 0 spiro atoms. The first-order valence-electron chi connectivity index (χ1n) is 6.00. The van der Waals surface area contributed by atoms with Crippen LogP contribution in [0.5, 0.6) is 0 Å². The second-order valence-electron chi connectivity index (χ2n) is 4.47. The Hall–Kier alpha value is -0.870. The summed E-state index contributed by atoms with van der Waals surface area (Å²) in [6.07, 6.45) is 6.11. The Labute approximate surface area is 98.7 Å². The summed E-state index contributed by atoms with van der Waals surface area (Å²) in [5.74, 6) is 1.13. The van der Waals surface area contributed by atoms with Gasteiger partial charge in [-0.3, -0.25) is 0 Å². The molecule has 1 aromatic heterocycles. The zero-order chi connectivity index (χ0) is 12.0. The second-order valence-corrected chi connectivity index (χ2v) is 4.47. The molecule has 1 rings (SSSR count). The molecule has 0 aliphatic carbocycles. The first kappa shape index (κ1) is 13.2. The van der Waals surface area contributed by atoms with Gasteiger partial charge >= 0.3 is 0 Å². The van der Waals surface area contributed by atoms with Crippen LogP contribution in [0.4, 0.5) is 0 Å². The first-order valence-corrected chi connectivity index (χ1v) is 6.00. The number of hydrogen-bond donors (Lipinski definition) is 1. The van der Waals surface area contributed by atoms with Crippen LogP contribution in [0.1, 0.15) is 31.6 Å². The number of nitrogens with one attached hydrogen (secondary N) is 1. The van der Waals surface area contributed by atoms with E-state index in [1.807, 2.05) is 19.4 Å². The van der Waals surface area contributed by atoms with Crippen LogP contribution in [-0.2, 0) is 7.05 Å². The van der Waals surface area contributed by atoms with E-state index in [0.29, 0.717) is 6.04 Å². The van der Waals surface area contributed by atoms with Crippen LogP contribution in [-0.4, -0.2) is 41.6 Å². The van der Waals surface area contributed by atoms with Crippen molar-refractivity contribution in [2.75, 3.05) is 27.2 Å². The molecule has 16 heavy (non-hydrogen) atoms. The van der Waals surface area contributed by atoms with Gasteiger partial charge in [-0.25, -0.2) is 4.98 Å². The van der Waals surface area contributed by atoms with Crippen LogP contribution in [0, 0.1) is 0 Å². The minimum Gasteiger partial charge on any atom is -0.337 e. The third-order valence-corrected chi connectivity index (χ3v) is 2.75. The quantitative estimate of drug-likeness (QED) is 0.711. The minimum absolute atomic E-state index is 0.377. The van der Waals surface area contributed by atoms with Crippen molar-refractivity contribution in [2.24, 2.45) is 7.05 Å². The Kier molecular flexibility index (Phi) is 5.49. The molecule has 0 saturated heterocycles. The Morgan fingerprint density at radius 3 is 2.75 bits per heavy atom. The van der Waals surface area contributed by atoms with Crippen molar-refractivity contribution < 1.29 is 0 Å². The summed E-state index contributed by atoms with van der Waals surface area (Å²) in [6.45, 7) is 4.37. The molecule has 1 N–H and O–H groups in total. The van der Waals surface area contributed by atoms with Gasteiger partial charge < -0.3 is 14.8 Å². The zero-order valence-corrected chi connectivity index (χ0v) is 10.9. The standard InChI is InChI=1S/C12H24N4/c1-5-11(12-14-8-10-16(12)4)13-7-6-9-15(2)3/h8,10-11,13H,5-7,9H2,1-4H3. The van der Waals surface area contributed by atoms with E-state index >= 15 is 0 Å². The fourth-order valence-corrected chi connectivity index (χ4v) is 1.80. The maximum absolute atomic E-state index is 4.39. The molecule has 1 unspecified atom stereocenters. The Balaban J connectivity index is 2.36. The van der Waals surface area contributed by atoms with Crippen LogP contribution in [0.25, 0.3) is 0 Å². The van der Waals surface area contributed by atoms with E-state index < -0.39 is 0 Å². The number of hydrogen-bond acceptors (Lipinski definition) is 3. The molecule has 1 heterocycles. The molecule has 0 aliphatic rings. The molecule has 0 fully saturated rings. The van der Waals surface area contributed by atoms with Crippen molar-refractivity contribution in [1.29, 1.82) is 0 Å². The number of imidazole rings is 1. The normalized spacial score (nSPS) is 13.3. The third kappa shape index (κ3) is 3.94. The van der Waals surface area contributed by atoms with Gasteiger partial charge in [-0.2, -0.15) is 0 Å². The third-order valence-electron chi connectivity index (χ3n) is 2.75. The van der Waals surface area contributed by atoms with Gasteiger partial charge in [0, 0.05) is 19.4 Å². The molecule has 0 aromatic carbocycles. The summed E-state index contributed by atoms with van der Waals surface area (Å²) >= 11 is 0. The van der Waals surface area contributed by atoms with E-state index in [0.717, 1.165) is 25.3 Å². The number of nitrogens with zero attached hydrogens (tertiary/aromatic N) is 3. The highest BCUT2D eigenvalue weighted by atomic mass is 15.1. The van der Waals surface area contributed by atoms with E-state index in [2.05, 4.69) is 40.8 Å². The fraction of sp³-hybridized carbons (Fsp3) is 0.750. The second kappa shape index (κ2) is 6.66. The predicted molar refractivity (Wildman–Crippen MR) is 67.4 cm³/mol. The average molecular weight is 224 g/mol. The first-order chi connectivity index (χ1) is 7.65. The molecule has 0 radical (unpaired) electrons. The molecule has 4 nitrogen and oxygen atoms in total. The Morgan fingerprint density at radius 1 is 1.50 bits per heavy atom. The van der Waals surface area contributed by atoms with Gasteiger partial charge in [-0.15, -0.1) is 0 Å². The van der Waals surface area contributed by atoms with E-state index in [1.54, 1.807) is 0 Å². The van der Waals surface area contributed by atoms with Gasteiger partial charge in [-0.05, 0) is 40.0 Å². The molecule has 1 aromatic rings. The van der Waals surface area contributed by atoms with Gasteiger partial charge in [0.15, 0.2) is 0 Å².